The molecule has 30 nitrogen and oxygen atoms in total. The molecule has 0 bridgehead atoms. The zero-order valence-corrected chi connectivity index (χ0v) is 62.5. The van der Waals surface area contributed by atoms with Crippen molar-refractivity contribution in [2.24, 2.45) is 45.9 Å². The van der Waals surface area contributed by atoms with E-state index in [0.717, 1.165) is 44.9 Å². The van der Waals surface area contributed by atoms with E-state index in [-0.39, 0.29) is 222 Å². The van der Waals surface area contributed by atoms with Gasteiger partial charge in [0, 0.05) is 102 Å². The number of aliphatic imine (C=N–C) groups is 1. The molecule has 6 amide bonds. The Morgan fingerprint density at radius 2 is 0.894 bits per heavy atom. The molecule has 104 heavy (non-hydrogen) atoms. The number of unbranched alkanes of at least 4 members (excludes halogenated alkanes) is 14. The number of nitrogens with zero attached hydrogens (tertiary/aromatic N) is 1. The number of carboxylic acid groups (broad SMARTS) is 1. The Hall–Kier alpha value is -7.06. The number of rotatable bonds is 73. The number of carbonyl (C=O) groups excluding carboxylic acids is 10. The standard InChI is InChI=1S/C74H127N9O21/c1-56(71(94)57(2)64(25-20-34-82-74(76)77)73(96)83-65(72(75)95)50-59-27-30-61(85)31-28-59)22-18-19-33-78-67(89)53-103-48-45-100-41-37-81-68(90)54-102-47-42-97-38-21-24-63(87)52-101-46-43-99-40-36-80-69(91)55-104-49-44-98-39-35-79-66(88)32-29-60(58(3)84)51-62(86)23-16-14-12-10-8-6-4-5-7-9-11-13-15-17-26-70(92)93/h27-28,30-31,56-57,60,64-65,85H,4-26,29,32-55H2,1-3H3,(H2,75,95)(H,78,89)(H,79,88)(H,80,91)(H,81,90)(H,83,96)(H,92,93)(H4,76,77,82)/t56-,57?,60+,64+,65-/m0/s1. The maximum atomic E-state index is 13.6. The van der Waals surface area contributed by atoms with Gasteiger partial charge in [-0.1, -0.05) is 109 Å². The van der Waals surface area contributed by atoms with Crippen molar-refractivity contribution < 1.29 is 101 Å². The molecule has 0 saturated heterocycles. The molecule has 0 aliphatic rings. The molecule has 0 aliphatic heterocycles. The minimum atomic E-state index is -1.05. The van der Waals surface area contributed by atoms with Crippen LogP contribution in [0.25, 0.3) is 0 Å². The molecule has 1 rings (SSSR count). The van der Waals surface area contributed by atoms with Crippen LogP contribution in [0.1, 0.15) is 193 Å². The number of amides is 6. The Bertz CT molecular complexity index is 2580. The number of ketones is 4. The zero-order chi connectivity index (χ0) is 76.6. The molecule has 0 radical (unpaired) electrons. The predicted molar refractivity (Wildman–Crippen MR) is 391 cm³/mol. The van der Waals surface area contributed by atoms with Crippen LogP contribution >= 0.6 is 0 Å². The van der Waals surface area contributed by atoms with Crippen LogP contribution in [0.3, 0.4) is 0 Å². The Labute approximate surface area is 615 Å². The lowest BCUT2D eigenvalue weighted by Gasteiger charge is -2.26. The second kappa shape index (κ2) is 64.3. The molecule has 5 atom stereocenters. The molecule has 0 aliphatic carbocycles. The van der Waals surface area contributed by atoms with E-state index in [0.29, 0.717) is 63.7 Å². The lowest BCUT2D eigenvalue weighted by Crippen LogP contribution is -2.49. The van der Waals surface area contributed by atoms with Gasteiger partial charge in [-0.3, -0.25) is 57.7 Å². The average Bonchev–Trinajstić information content (AvgIpc) is 0.850. The smallest absolute Gasteiger partial charge is 0.303 e. The van der Waals surface area contributed by atoms with Gasteiger partial charge in [0.05, 0.1) is 72.7 Å². The Morgan fingerprint density at radius 1 is 0.452 bits per heavy atom. The number of primary amides is 1. The van der Waals surface area contributed by atoms with E-state index in [1.165, 1.54) is 64.0 Å². The number of carbonyl (C=O) groups is 11. The van der Waals surface area contributed by atoms with Crippen molar-refractivity contribution in [3.05, 3.63) is 29.8 Å². The van der Waals surface area contributed by atoms with Gasteiger partial charge in [0.15, 0.2) is 11.7 Å². The first-order valence-corrected chi connectivity index (χ1v) is 37.5. The summed E-state index contributed by atoms with van der Waals surface area (Å²) in [5.41, 5.74) is 17.2. The van der Waals surface area contributed by atoms with Crippen molar-refractivity contribution in [2.45, 2.75) is 200 Å². The van der Waals surface area contributed by atoms with E-state index in [9.17, 15) is 57.8 Å². The number of ether oxygens (including phenoxy) is 8. The fraction of sp³-hybridized carbons (Fsp3) is 0.757. The lowest BCUT2D eigenvalue weighted by molar-refractivity contribution is -0.137. The van der Waals surface area contributed by atoms with Gasteiger partial charge >= 0.3 is 5.97 Å². The molecule has 0 spiro atoms. The largest absolute Gasteiger partial charge is 0.508 e. The quantitative estimate of drug-likeness (QED) is 0.0238. The summed E-state index contributed by atoms with van der Waals surface area (Å²) < 4.78 is 43.3. The van der Waals surface area contributed by atoms with Gasteiger partial charge in [-0.2, -0.15) is 0 Å². The first kappa shape index (κ1) is 95.0. The Morgan fingerprint density at radius 3 is 1.38 bits per heavy atom. The number of aromatic hydroxyl groups is 1. The Balaban J connectivity index is 1.97. The second-order valence-corrected chi connectivity index (χ2v) is 26.1. The molecular weight excluding hydrogens is 1350 g/mol. The number of phenolic OH excluding ortho intramolecular Hbond substituents is 1. The molecule has 0 aromatic heterocycles. The number of nitrogens with two attached hydrogens (primary N) is 3. The van der Waals surface area contributed by atoms with E-state index in [1.807, 2.05) is 0 Å². The van der Waals surface area contributed by atoms with Crippen molar-refractivity contribution >= 4 is 70.5 Å². The summed E-state index contributed by atoms with van der Waals surface area (Å²) in [6, 6.07) is 5.13. The monoisotopic (exact) mass is 1480 g/mol. The van der Waals surface area contributed by atoms with Gasteiger partial charge in [-0.15, -0.1) is 0 Å². The van der Waals surface area contributed by atoms with Crippen LogP contribution in [0, 0.1) is 23.7 Å². The first-order chi connectivity index (χ1) is 50.1. The zero-order valence-electron chi connectivity index (χ0n) is 62.5. The van der Waals surface area contributed by atoms with E-state index in [4.69, 9.17) is 60.2 Å². The highest BCUT2D eigenvalue weighted by Crippen LogP contribution is 2.26. The summed E-state index contributed by atoms with van der Waals surface area (Å²) >= 11 is 0. The second-order valence-electron chi connectivity index (χ2n) is 26.1. The number of hydrogen-bond acceptors (Lipinski definition) is 21. The van der Waals surface area contributed by atoms with Crippen molar-refractivity contribution in [2.75, 3.05) is 138 Å². The fourth-order valence-corrected chi connectivity index (χ4v) is 11.0. The van der Waals surface area contributed by atoms with Gasteiger partial charge in [-0.25, -0.2) is 0 Å². The van der Waals surface area contributed by atoms with Crippen molar-refractivity contribution in [1.82, 2.24) is 26.6 Å². The van der Waals surface area contributed by atoms with Crippen LogP contribution in [-0.2, 0) is 97.1 Å². The summed E-state index contributed by atoms with van der Waals surface area (Å²) in [4.78, 5) is 140. The highest BCUT2D eigenvalue weighted by Gasteiger charge is 2.34. The Kier molecular flexibility index (Phi) is 58.7. The van der Waals surface area contributed by atoms with E-state index in [1.54, 1.807) is 26.0 Å². The summed E-state index contributed by atoms with van der Waals surface area (Å²) in [5, 5.41) is 32.0. The van der Waals surface area contributed by atoms with Crippen LogP contribution in [-0.4, -0.2) is 225 Å². The number of Topliss-reactive ketones (excluding diaryl/α,β-unsaturated/α-hetero) is 4. The van der Waals surface area contributed by atoms with Crippen LogP contribution in [0.5, 0.6) is 5.75 Å². The first-order valence-electron chi connectivity index (χ1n) is 37.5. The van der Waals surface area contributed by atoms with Crippen LogP contribution in [0.4, 0.5) is 0 Å². The highest BCUT2D eigenvalue weighted by molar-refractivity contribution is 5.92. The molecule has 0 fully saturated rings. The van der Waals surface area contributed by atoms with Gasteiger partial charge in [-0.05, 0) is 76.0 Å². The molecule has 0 saturated carbocycles. The van der Waals surface area contributed by atoms with Crippen LogP contribution < -0.4 is 43.8 Å². The summed E-state index contributed by atoms with van der Waals surface area (Å²) in [6.07, 6.45) is 20.1. The number of phenols is 1. The highest BCUT2D eigenvalue weighted by atomic mass is 16.5. The van der Waals surface area contributed by atoms with Gasteiger partial charge in [0.25, 0.3) is 0 Å². The number of benzene rings is 1. The lowest BCUT2D eigenvalue weighted by atomic mass is 9.80. The maximum Gasteiger partial charge on any atom is 0.303 e. The third kappa shape index (κ3) is 56.3. The third-order valence-corrected chi connectivity index (χ3v) is 17.0. The van der Waals surface area contributed by atoms with Crippen molar-refractivity contribution in [3.63, 3.8) is 0 Å². The SMILES string of the molecule is CC(=O)[C@H](CCC(=O)NCCOCCOCC(=O)NCCOCCOCC(=O)CCCOCCOCC(=O)NCCOCCOCC(=O)NCCCC[C@H](C)C(=O)C(C)[C@@H](CCCN=C(N)N)C(=O)N[C@@H](Cc1ccc(O)cc1)C(N)=O)CC(=O)CCCCCCCCCCCCCCCCC(=O)O. The maximum absolute atomic E-state index is 13.6. The molecule has 30 heteroatoms. The molecule has 1 unspecified atom stereocenters. The number of guanidine groups is 1. The normalized spacial score (nSPS) is 12.6. The summed E-state index contributed by atoms with van der Waals surface area (Å²) in [6.45, 7) is 8.40. The topological polar surface area (TPSA) is 453 Å². The van der Waals surface area contributed by atoms with Crippen LogP contribution in [0.15, 0.2) is 29.3 Å². The summed E-state index contributed by atoms with van der Waals surface area (Å²) in [5.74, 6) is -5.75. The van der Waals surface area contributed by atoms with Crippen molar-refractivity contribution in [3.8, 4) is 5.75 Å². The minimum Gasteiger partial charge on any atom is -0.508 e. The minimum absolute atomic E-state index is 0.0519. The number of hydrogen-bond donors (Lipinski definition) is 10. The third-order valence-electron chi connectivity index (χ3n) is 17.0. The molecular formula is C74H127N9O21. The van der Waals surface area contributed by atoms with E-state index < -0.39 is 47.5 Å². The van der Waals surface area contributed by atoms with Gasteiger partial charge < -0.3 is 91.9 Å². The van der Waals surface area contributed by atoms with Crippen LogP contribution in [0.2, 0.25) is 0 Å². The van der Waals surface area contributed by atoms with Gasteiger partial charge in [0.1, 0.15) is 55.6 Å². The number of aliphatic carboxylic acids is 1. The predicted octanol–water partition coefficient (Wildman–Crippen LogP) is 4.80. The molecule has 13 N–H and O–H groups in total. The fourth-order valence-electron chi connectivity index (χ4n) is 11.0. The number of carboxylic acids is 1. The number of nitrogens with one attached hydrogen (secondary N) is 5. The summed E-state index contributed by atoms with van der Waals surface area (Å²) in [7, 11) is 0. The van der Waals surface area contributed by atoms with Gasteiger partial charge in [0.2, 0.25) is 35.4 Å². The molecule has 1 aromatic rings. The molecule has 594 valence electrons. The molecule has 0 heterocycles. The van der Waals surface area contributed by atoms with E-state index >= 15 is 0 Å². The molecule has 1 aromatic carbocycles. The average molecular weight is 1480 g/mol. The van der Waals surface area contributed by atoms with Crippen molar-refractivity contribution in [1.29, 1.82) is 0 Å². The van der Waals surface area contributed by atoms with E-state index in [2.05, 4.69) is 31.6 Å².